The zero-order valence-electron chi connectivity index (χ0n) is 12.7. The van der Waals surface area contributed by atoms with Crippen molar-refractivity contribution in [1.82, 2.24) is 19.4 Å². The lowest BCUT2D eigenvalue weighted by atomic mass is 10.2. The Labute approximate surface area is 136 Å². The second-order valence-electron chi connectivity index (χ2n) is 5.55. The van der Waals surface area contributed by atoms with Gasteiger partial charge in [0.2, 0.25) is 0 Å². The average Bonchev–Trinajstić information content (AvgIpc) is 3.18. The summed E-state index contributed by atoms with van der Waals surface area (Å²) in [5, 5.41) is 13.8. The lowest BCUT2D eigenvalue weighted by Crippen LogP contribution is -2.27. The summed E-state index contributed by atoms with van der Waals surface area (Å²) >= 11 is 0. The van der Waals surface area contributed by atoms with Crippen LogP contribution in [0.4, 0.5) is 20.3 Å². The molecule has 1 fully saturated rings. The Morgan fingerprint density at radius 1 is 1.42 bits per heavy atom. The van der Waals surface area contributed by atoms with Crippen molar-refractivity contribution in [1.29, 1.82) is 0 Å². The fourth-order valence-electron chi connectivity index (χ4n) is 2.73. The maximum absolute atomic E-state index is 12.8. The number of nitrogens with one attached hydrogen (secondary N) is 1. The molecule has 0 spiro atoms. The summed E-state index contributed by atoms with van der Waals surface area (Å²) in [6, 6.07) is 3.06. The molecule has 0 bridgehead atoms. The molecule has 128 valence electrons. The van der Waals surface area contributed by atoms with Crippen molar-refractivity contribution in [3.05, 3.63) is 46.7 Å². The topological polar surface area (TPSA) is 89.1 Å². The quantitative estimate of drug-likeness (QED) is 0.642. The van der Waals surface area contributed by atoms with Crippen LogP contribution in [0.25, 0.3) is 0 Å². The lowest BCUT2D eigenvalue weighted by Gasteiger charge is -2.17. The molecule has 1 unspecified atom stereocenters. The third kappa shape index (κ3) is 3.65. The van der Waals surface area contributed by atoms with Gasteiger partial charge in [0.1, 0.15) is 17.8 Å². The third-order valence-electron chi connectivity index (χ3n) is 3.91. The van der Waals surface area contributed by atoms with E-state index in [-0.39, 0.29) is 11.7 Å². The molecule has 1 aliphatic heterocycles. The number of hydrogen-bond donors (Lipinski definition) is 1. The van der Waals surface area contributed by atoms with E-state index in [1.54, 1.807) is 6.07 Å². The first-order chi connectivity index (χ1) is 11.5. The highest BCUT2D eigenvalue weighted by Gasteiger charge is 2.24. The number of nitrogens with zero attached hydrogens (tertiary/aromatic N) is 5. The van der Waals surface area contributed by atoms with Crippen LogP contribution in [0.2, 0.25) is 0 Å². The largest absolute Gasteiger partial charge is 0.366 e. The Morgan fingerprint density at radius 2 is 2.25 bits per heavy atom. The first-order valence-corrected chi connectivity index (χ1v) is 7.42. The maximum Gasteiger partial charge on any atom is 0.319 e. The number of nitro groups is 1. The summed E-state index contributed by atoms with van der Waals surface area (Å²) in [6.45, 7) is -0.832. The van der Waals surface area contributed by atoms with Gasteiger partial charge < -0.3 is 5.32 Å². The van der Waals surface area contributed by atoms with E-state index in [1.165, 1.54) is 24.7 Å². The molecule has 8 nitrogen and oxygen atoms in total. The summed E-state index contributed by atoms with van der Waals surface area (Å²) in [7, 11) is 0. The van der Waals surface area contributed by atoms with Crippen LogP contribution in [0.1, 0.15) is 18.8 Å². The number of anilines is 1. The van der Waals surface area contributed by atoms with Gasteiger partial charge in [-0.3, -0.25) is 19.6 Å². The van der Waals surface area contributed by atoms with Crippen LogP contribution in [0.5, 0.6) is 0 Å². The Kier molecular flexibility index (Phi) is 4.65. The second kappa shape index (κ2) is 6.87. The monoisotopic (exact) mass is 338 g/mol. The van der Waals surface area contributed by atoms with Crippen LogP contribution in [0.15, 0.2) is 30.7 Å². The molecule has 2 aromatic heterocycles. The van der Waals surface area contributed by atoms with Crippen molar-refractivity contribution >= 4 is 11.5 Å². The predicted octanol–water partition coefficient (Wildman–Crippen LogP) is 2.27. The first-order valence-electron chi connectivity index (χ1n) is 7.42. The van der Waals surface area contributed by atoms with Gasteiger partial charge in [-0.1, -0.05) is 0 Å². The smallest absolute Gasteiger partial charge is 0.319 e. The third-order valence-corrected chi connectivity index (χ3v) is 3.91. The van der Waals surface area contributed by atoms with E-state index in [1.807, 2.05) is 4.90 Å². The number of pyridine rings is 1. The molecule has 0 amide bonds. The molecule has 2 aromatic rings. The van der Waals surface area contributed by atoms with Crippen molar-refractivity contribution in [3.63, 3.8) is 0 Å². The zero-order chi connectivity index (χ0) is 17.1. The van der Waals surface area contributed by atoms with Gasteiger partial charge >= 0.3 is 6.55 Å². The van der Waals surface area contributed by atoms with E-state index in [0.717, 1.165) is 17.5 Å². The molecule has 1 atom stereocenters. The maximum atomic E-state index is 12.8. The number of imidazole rings is 1. The van der Waals surface area contributed by atoms with E-state index >= 15 is 0 Å². The molecule has 3 heterocycles. The summed E-state index contributed by atoms with van der Waals surface area (Å²) in [6.07, 6.45) is 4.67. The van der Waals surface area contributed by atoms with Crippen LogP contribution in [-0.4, -0.2) is 43.5 Å². The number of aromatic nitrogens is 3. The summed E-state index contributed by atoms with van der Waals surface area (Å²) in [5.74, 6) is 0.889. The molecule has 1 saturated heterocycles. The van der Waals surface area contributed by atoms with Crippen LogP contribution in [-0.2, 0) is 6.54 Å². The lowest BCUT2D eigenvalue weighted by molar-refractivity contribution is -0.385. The fraction of sp³-hybridized carbons (Fsp3) is 0.429. The van der Waals surface area contributed by atoms with Gasteiger partial charge in [-0.25, -0.2) is 9.97 Å². The molecule has 1 aliphatic rings. The van der Waals surface area contributed by atoms with Crippen LogP contribution in [0.3, 0.4) is 0 Å². The molecule has 0 aromatic carbocycles. The summed E-state index contributed by atoms with van der Waals surface area (Å²) in [4.78, 5) is 20.1. The molecule has 0 radical (unpaired) electrons. The first kappa shape index (κ1) is 16.2. The normalized spacial score (nSPS) is 18.2. The van der Waals surface area contributed by atoms with Gasteiger partial charge in [-0.2, -0.15) is 8.78 Å². The van der Waals surface area contributed by atoms with Gasteiger partial charge in [0, 0.05) is 37.6 Å². The Morgan fingerprint density at radius 3 is 2.92 bits per heavy atom. The standard InChI is InChI=1S/C14H16F2N6O2/c15-14(16)21-6-4-17-13(21)9-20-5-3-10(8-20)19-12-2-1-11(7-18-12)22(23)24/h1-2,4,6-7,10,14H,3,5,8-9H2,(H,18,19). The highest BCUT2D eigenvalue weighted by Crippen LogP contribution is 2.19. The van der Waals surface area contributed by atoms with Gasteiger partial charge in [-0.15, -0.1) is 0 Å². The molecule has 24 heavy (non-hydrogen) atoms. The second-order valence-corrected chi connectivity index (χ2v) is 5.55. The van der Waals surface area contributed by atoms with Gasteiger partial charge in [0.25, 0.3) is 5.69 Å². The minimum Gasteiger partial charge on any atom is -0.366 e. The number of hydrogen-bond acceptors (Lipinski definition) is 6. The Bertz CT molecular complexity index is 706. The average molecular weight is 338 g/mol. The predicted molar refractivity (Wildman–Crippen MR) is 81.7 cm³/mol. The van der Waals surface area contributed by atoms with Crippen LogP contribution in [0, 0.1) is 10.1 Å². The van der Waals surface area contributed by atoms with Gasteiger partial charge in [0.15, 0.2) is 0 Å². The van der Waals surface area contributed by atoms with Crippen molar-refractivity contribution in [3.8, 4) is 0 Å². The van der Waals surface area contributed by atoms with E-state index in [9.17, 15) is 18.9 Å². The molecule has 0 aliphatic carbocycles. The van der Waals surface area contributed by atoms with Gasteiger partial charge in [-0.05, 0) is 12.5 Å². The highest BCUT2D eigenvalue weighted by atomic mass is 19.3. The van der Waals surface area contributed by atoms with Crippen molar-refractivity contribution in [2.75, 3.05) is 18.4 Å². The number of halogens is 2. The molecular weight excluding hydrogens is 322 g/mol. The number of alkyl halides is 2. The summed E-state index contributed by atoms with van der Waals surface area (Å²) in [5.41, 5.74) is -0.0626. The van der Waals surface area contributed by atoms with E-state index in [0.29, 0.717) is 24.7 Å². The number of rotatable bonds is 6. The van der Waals surface area contributed by atoms with Crippen molar-refractivity contribution in [2.24, 2.45) is 0 Å². The van der Waals surface area contributed by atoms with Crippen molar-refractivity contribution in [2.45, 2.75) is 25.6 Å². The van der Waals surface area contributed by atoms with E-state index < -0.39 is 11.5 Å². The summed E-state index contributed by atoms with van der Waals surface area (Å²) < 4.78 is 26.5. The Balaban J connectivity index is 1.55. The van der Waals surface area contributed by atoms with Crippen LogP contribution < -0.4 is 5.32 Å². The molecule has 0 saturated carbocycles. The Hall–Kier alpha value is -2.62. The molecule has 1 N–H and O–H groups in total. The fourth-order valence-corrected chi connectivity index (χ4v) is 2.73. The highest BCUT2D eigenvalue weighted by molar-refractivity contribution is 5.41. The van der Waals surface area contributed by atoms with Gasteiger partial charge in [0.05, 0.1) is 11.5 Å². The molecular formula is C14H16F2N6O2. The SMILES string of the molecule is O=[N+]([O-])c1ccc(NC2CCN(Cc3nccn3C(F)F)C2)nc1. The number of likely N-dealkylation sites (tertiary alicyclic amines) is 1. The zero-order valence-corrected chi connectivity index (χ0v) is 12.7. The minimum absolute atomic E-state index is 0.0626. The van der Waals surface area contributed by atoms with E-state index in [2.05, 4.69) is 15.3 Å². The minimum atomic E-state index is -2.59. The van der Waals surface area contributed by atoms with Crippen LogP contribution >= 0.6 is 0 Å². The van der Waals surface area contributed by atoms with Crippen molar-refractivity contribution < 1.29 is 13.7 Å². The molecule has 10 heteroatoms. The van der Waals surface area contributed by atoms with E-state index in [4.69, 9.17) is 0 Å². The molecule has 3 rings (SSSR count).